The van der Waals surface area contributed by atoms with E-state index in [0.29, 0.717) is 0 Å². The molecular weight excluding hydrogens is 703 g/mol. The highest BCUT2D eigenvalue weighted by molar-refractivity contribution is 6.09. The first-order valence-corrected chi connectivity index (χ1v) is 19.8. The van der Waals surface area contributed by atoms with Crippen LogP contribution in [0, 0.1) is 0 Å². The average molecular weight is 740 g/mol. The normalized spacial score (nSPS) is 11.4. The Morgan fingerprint density at radius 1 is 0.276 bits per heavy atom. The molecule has 2 heteroatoms. The number of fused-ring (bicyclic) bond motifs is 5. The van der Waals surface area contributed by atoms with Crippen molar-refractivity contribution in [2.24, 2.45) is 0 Å². The summed E-state index contributed by atoms with van der Waals surface area (Å²) in [6, 6.07) is 80.7. The van der Waals surface area contributed by atoms with Crippen LogP contribution >= 0.6 is 0 Å². The third kappa shape index (κ3) is 5.82. The Balaban J connectivity index is 1.06. The summed E-state index contributed by atoms with van der Waals surface area (Å²) in [4.78, 5) is 2.38. The van der Waals surface area contributed by atoms with Crippen molar-refractivity contribution in [3.8, 4) is 44.5 Å². The third-order valence-electron chi connectivity index (χ3n) is 11.5. The van der Waals surface area contributed by atoms with Gasteiger partial charge in [0.1, 0.15) is 11.2 Å². The average Bonchev–Trinajstić information content (AvgIpc) is 3.68. The fraction of sp³-hybridized carbons (Fsp3) is 0. The van der Waals surface area contributed by atoms with Gasteiger partial charge in [-0.05, 0) is 103 Å². The molecule has 1 aromatic heterocycles. The zero-order chi connectivity index (χ0) is 38.4. The molecular formula is C56H37NO. The van der Waals surface area contributed by atoms with E-state index in [1.54, 1.807) is 0 Å². The summed E-state index contributed by atoms with van der Waals surface area (Å²) in [5.41, 5.74) is 14.4. The minimum atomic E-state index is 0.903. The van der Waals surface area contributed by atoms with Crippen molar-refractivity contribution in [3.05, 3.63) is 224 Å². The number of benzene rings is 10. The molecule has 272 valence electrons. The first-order valence-electron chi connectivity index (χ1n) is 19.8. The van der Waals surface area contributed by atoms with Gasteiger partial charge in [0.25, 0.3) is 0 Å². The van der Waals surface area contributed by atoms with Gasteiger partial charge in [0, 0.05) is 33.4 Å². The minimum absolute atomic E-state index is 0.903. The number of furan rings is 1. The van der Waals surface area contributed by atoms with E-state index in [-0.39, 0.29) is 0 Å². The standard InChI is InChI=1S/C56H37NO/c1-3-22-46-38(14-1)16-11-27-48(46)41-18-9-20-44(36-41)57(43-34-32-40(33-35-43)50-28-13-30-54-53-26-7-8-31-55(53)58-56(50)54)45-21-10-19-42(37-45)49-24-5-6-25-51(49)52-29-12-17-39-15-2-4-23-47(39)52/h1-37H. The molecule has 1 heterocycles. The van der Waals surface area contributed by atoms with Gasteiger partial charge in [-0.15, -0.1) is 0 Å². The second kappa shape index (κ2) is 14.1. The van der Waals surface area contributed by atoms with E-state index < -0.39 is 0 Å². The molecule has 0 saturated heterocycles. The maximum atomic E-state index is 6.45. The molecule has 58 heavy (non-hydrogen) atoms. The molecule has 0 saturated carbocycles. The van der Waals surface area contributed by atoms with E-state index in [0.717, 1.165) is 55.7 Å². The molecule has 0 aliphatic rings. The van der Waals surface area contributed by atoms with Gasteiger partial charge in [0.2, 0.25) is 0 Å². The summed E-state index contributed by atoms with van der Waals surface area (Å²) >= 11 is 0. The van der Waals surface area contributed by atoms with Crippen molar-refractivity contribution in [1.82, 2.24) is 0 Å². The minimum Gasteiger partial charge on any atom is -0.455 e. The molecule has 0 N–H and O–H groups in total. The van der Waals surface area contributed by atoms with E-state index in [4.69, 9.17) is 4.42 Å². The van der Waals surface area contributed by atoms with E-state index >= 15 is 0 Å². The number of nitrogens with zero attached hydrogens (tertiary/aromatic N) is 1. The molecule has 11 rings (SSSR count). The quantitative estimate of drug-likeness (QED) is 0.162. The van der Waals surface area contributed by atoms with E-state index in [2.05, 4.69) is 217 Å². The van der Waals surface area contributed by atoms with E-state index in [1.165, 1.54) is 49.4 Å². The molecule has 0 fully saturated rings. The molecule has 10 aromatic carbocycles. The maximum Gasteiger partial charge on any atom is 0.143 e. The lowest BCUT2D eigenvalue weighted by atomic mass is 9.91. The van der Waals surface area contributed by atoms with Gasteiger partial charge in [-0.3, -0.25) is 0 Å². The van der Waals surface area contributed by atoms with Gasteiger partial charge in [0.15, 0.2) is 0 Å². The molecule has 0 atom stereocenters. The molecule has 0 aliphatic carbocycles. The summed E-state index contributed by atoms with van der Waals surface area (Å²) in [5.74, 6) is 0. The van der Waals surface area contributed by atoms with Gasteiger partial charge in [-0.2, -0.15) is 0 Å². The predicted molar refractivity (Wildman–Crippen MR) is 245 cm³/mol. The van der Waals surface area contributed by atoms with Crippen LogP contribution in [-0.2, 0) is 0 Å². The number of hydrogen-bond donors (Lipinski definition) is 0. The first-order chi connectivity index (χ1) is 28.8. The zero-order valence-corrected chi connectivity index (χ0v) is 31.7. The molecule has 0 aliphatic heterocycles. The first kappa shape index (κ1) is 33.6. The highest BCUT2D eigenvalue weighted by Crippen LogP contribution is 2.43. The summed E-state index contributed by atoms with van der Waals surface area (Å²) in [6.07, 6.45) is 0. The topological polar surface area (TPSA) is 16.4 Å². The molecule has 11 aromatic rings. The number of rotatable bonds is 7. The van der Waals surface area contributed by atoms with Crippen molar-refractivity contribution in [2.45, 2.75) is 0 Å². The van der Waals surface area contributed by atoms with Crippen molar-refractivity contribution >= 4 is 60.5 Å². The van der Waals surface area contributed by atoms with Crippen molar-refractivity contribution in [3.63, 3.8) is 0 Å². The van der Waals surface area contributed by atoms with Gasteiger partial charge < -0.3 is 9.32 Å². The van der Waals surface area contributed by atoms with Crippen LogP contribution in [0.25, 0.3) is 88.0 Å². The molecule has 0 spiro atoms. The molecule has 0 amide bonds. The van der Waals surface area contributed by atoms with Crippen molar-refractivity contribution in [2.75, 3.05) is 4.90 Å². The Morgan fingerprint density at radius 3 is 1.48 bits per heavy atom. The van der Waals surface area contributed by atoms with Crippen LogP contribution in [-0.4, -0.2) is 0 Å². The Bertz CT molecular complexity index is 3290. The smallest absolute Gasteiger partial charge is 0.143 e. The van der Waals surface area contributed by atoms with Crippen molar-refractivity contribution < 1.29 is 4.42 Å². The molecule has 0 radical (unpaired) electrons. The third-order valence-corrected chi connectivity index (χ3v) is 11.5. The highest BCUT2D eigenvalue weighted by Gasteiger charge is 2.18. The number of hydrogen-bond acceptors (Lipinski definition) is 2. The summed E-state index contributed by atoms with van der Waals surface area (Å²) < 4.78 is 6.45. The Kier molecular flexibility index (Phi) is 8.19. The van der Waals surface area contributed by atoms with Crippen molar-refractivity contribution in [1.29, 1.82) is 0 Å². The van der Waals surface area contributed by atoms with Crippen LogP contribution in [0.5, 0.6) is 0 Å². The van der Waals surface area contributed by atoms with Gasteiger partial charge >= 0.3 is 0 Å². The van der Waals surface area contributed by atoms with Crippen LogP contribution in [0.4, 0.5) is 17.1 Å². The van der Waals surface area contributed by atoms with Gasteiger partial charge in [-0.1, -0.05) is 182 Å². The SMILES string of the molecule is c1cc(-c2ccccc2-c2cccc3ccccc23)cc(N(c2ccc(-c3cccc4c3oc3ccccc34)cc2)c2cccc(-c3cccc4ccccc34)c2)c1. The number of anilines is 3. The fourth-order valence-electron chi connectivity index (χ4n) is 8.74. The summed E-state index contributed by atoms with van der Waals surface area (Å²) in [7, 11) is 0. The zero-order valence-electron chi connectivity index (χ0n) is 31.7. The van der Waals surface area contributed by atoms with Crippen LogP contribution in [0.15, 0.2) is 229 Å². The Labute approximate surface area is 337 Å². The molecule has 0 bridgehead atoms. The van der Waals surface area contributed by atoms with Crippen LogP contribution < -0.4 is 4.90 Å². The van der Waals surface area contributed by atoms with Crippen LogP contribution in [0.2, 0.25) is 0 Å². The Morgan fingerprint density at radius 2 is 0.759 bits per heavy atom. The lowest BCUT2D eigenvalue weighted by molar-refractivity contribution is 0.670. The predicted octanol–water partition coefficient (Wildman–Crippen LogP) is 16.0. The lowest BCUT2D eigenvalue weighted by Gasteiger charge is -2.27. The van der Waals surface area contributed by atoms with E-state index in [1.807, 2.05) is 12.1 Å². The maximum absolute atomic E-state index is 6.45. The largest absolute Gasteiger partial charge is 0.455 e. The van der Waals surface area contributed by atoms with Crippen LogP contribution in [0.3, 0.4) is 0 Å². The second-order valence-electron chi connectivity index (χ2n) is 14.9. The summed E-state index contributed by atoms with van der Waals surface area (Å²) in [5, 5.41) is 7.22. The fourth-order valence-corrected chi connectivity index (χ4v) is 8.74. The van der Waals surface area contributed by atoms with E-state index in [9.17, 15) is 0 Å². The number of para-hydroxylation sites is 2. The molecule has 2 nitrogen and oxygen atoms in total. The second-order valence-corrected chi connectivity index (χ2v) is 14.9. The monoisotopic (exact) mass is 739 g/mol. The highest BCUT2D eigenvalue weighted by atomic mass is 16.3. The lowest BCUT2D eigenvalue weighted by Crippen LogP contribution is -2.10. The molecule has 0 unspecified atom stereocenters. The summed E-state index contributed by atoms with van der Waals surface area (Å²) in [6.45, 7) is 0. The van der Waals surface area contributed by atoms with Crippen LogP contribution in [0.1, 0.15) is 0 Å². The van der Waals surface area contributed by atoms with Gasteiger partial charge in [0.05, 0.1) is 0 Å². The van der Waals surface area contributed by atoms with Gasteiger partial charge in [-0.25, -0.2) is 0 Å². The Hall–Kier alpha value is -7.68.